The van der Waals surface area contributed by atoms with Crippen LogP contribution in [0.25, 0.3) is 22.2 Å². The van der Waals surface area contributed by atoms with Crippen LogP contribution in [-0.2, 0) is 4.79 Å². The molecule has 0 atom stereocenters. The van der Waals surface area contributed by atoms with Crippen LogP contribution in [0.5, 0.6) is 11.5 Å². The summed E-state index contributed by atoms with van der Waals surface area (Å²) in [5.74, 6) is -0.847. The van der Waals surface area contributed by atoms with Crippen molar-refractivity contribution in [1.29, 1.82) is 0 Å². The van der Waals surface area contributed by atoms with Crippen molar-refractivity contribution >= 4 is 28.5 Å². The lowest BCUT2D eigenvalue weighted by Gasteiger charge is -2.05. The molecule has 0 radical (unpaired) electrons. The van der Waals surface area contributed by atoms with Gasteiger partial charge in [0.25, 0.3) is 0 Å². The monoisotopic (exact) mass is 319 g/mol. The van der Waals surface area contributed by atoms with Gasteiger partial charge in [-0.2, -0.15) is 0 Å². The van der Waals surface area contributed by atoms with E-state index < -0.39 is 12.6 Å². The predicted molar refractivity (Wildman–Crippen MR) is 79.3 cm³/mol. The third kappa shape index (κ3) is 2.44. The van der Waals surface area contributed by atoms with Crippen molar-refractivity contribution in [3.63, 3.8) is 0 Å². The predicted octanol–water partition coefficient (Wildman–Crippen LogP) is 3.32. The molecule has 112 valence electrons. The van der Waals surface area contributed by atoms with E-state index in [9.17, 15) is 9.90 Å². The van der Waals surface area contributed by atoms with E-state index in [1.807, 2.05) is 0 Å². The summed E-state index contributed by atoms with van der Waals surface area (Å²) in [6.07, 6.45) is 0. The lowest BCUT2D eigenvalue weighted by Crippen LogP contribution is -2.09. The Morgan fingerprint density at radius 1 is 1.27 bits per heavy atom. The molecule has 1 aromatic heterocycles. The molecular weight excluding hydrogens is 310 g/mol. The van der Waals surface area contributed by atoms with Crippen molar-refractivity contribution in [2.75, 3.05) is 6.61 Å². The molecule has 0 bridgehead atoms. The van der Waals surface area contributed by atoms with Gasteiger partial charge in [-0.25, -0.2) is 4.79 Å². The molecule has 0 spiro atoms. The number of aliphatic carboxylic acids is 1. The highest BCUT2D eigenvalue weighted by Crippen LogP contribution is 2.39. The topological polar surface area (TPSA) is 92.8 Å². The first-order chi connectivity index (χ1) is 10.6. The first-order valence-electron chi connectivity index (χ1n) is 6.29. The summed E-state index contributed by atoms with van der Waals surface area (Å²) in [4.78, 5) is 10.5. The molecule has 0 unspecified atom stereocenters. The molecule has 0 aliphatic heterocycles. The fraction of sp³-hybridized carbons (Fsp3) is 0.0667. The maximum Gasteiger partial charge on any atom is 0.341 e. The fourth-order valence-corrected chi connectivity index (χ4v) is 2.33. The van der Waals surface area contributed by atoms with E-state index in [1.165, 1.54) is 6.07 Å². The number of phenolic OH excluding ortho intramolecular Hbond substituents is 1. The third-order valence-electron chi connectivity index (χ3n) is 3.06. The lowest BCUT2D eigenvalue weighted by molar-refractivity contribution is -0.139. The molecule has 0 amide bonds. The molecule has 2 N–H and O–H groups in total. The van der Waals surface area contributed by atoms with E-state index in [0.717, 1.165) is 0 Å². The average molecular weight is 320 g/mol. The summed E-state index contributed by atoms with van der Waals surface area (Å²) in [5, 5.41) is 23.2. The number of halogens is 1. The van der Waals surface area contributed by atoms with Crippen LogP contribution in [0.15, 0.2) is 40.9 Å². The number of nitrogens with zero attached hydrogens (tertiary/aromatic N) is 1. The average Bonchev–Trinajstić information content (AvgIpc) is 2.91. The molecule has 3 rings (SSSR count). The quantitative estimate of drug-likeness (QED) is 0.766. The van der Waals surface area contributed by atoms with E-state index in [1.54, 1.807) is 30.3 Å². The Morgan fingerprint density at radius 3 is 2.77 bits per heavy atom. The summed E-state index contributed by atoms with van der Waals surface area (Å²) in [7, 11) is 0. The Morgan fingerprint density at radius 2 is 2.05 bits per heavy atom. The molecule has 6 nitrogen and oxygen atoms in total. The maximum atomic E-state index is 10.5. The number of ether oxygens (including phenoxy) is 1. The number of carboxylic acid groups (broad SMARTS) is 1. The van der Waals surface area contributed by atoms with Crippen molar-refractivity contribution in [3.05, 3.63) is 41.4 Å². The van der Waals surface area contributed by atoms with Gasteiger partial charge in [0, 0.05) is 5.56 Å². The SMILES string of the molecule is O=C(O)COc1ccc2c(-c3ccccc3O)noc2c1Cl. The number of carbonyl (C=O) groups is 1. The van der Waals surface area contributed by atoms with Gasteiger partial charge in [-0.1, -0.05) is 28.9 Å². The van der Waals surface area contributed by atoms with Crippen LogP contribution in [0.1, 0.15) is 0 Å². The molecular formula is C15H10ClNO5. The summed E-state index contributed by atoms with van der Waals surface area (Å²) >= 11 is 6.15. The molecule has 0 saturated carbocycles. The number of carboxylic acids is 1. The van der Waals surface area contributed by atoms with Gasteiger partial charge >= 0.3 is 5.97 Å². The first-order valence-corrected chi connectivity index (χ1v) is 6.66. The van der Waals surface area contributed by atoms with Gasteiger partial charge in [0.1, 0.15) is 22.2 Å². The van der Waals surface area contributed by atoms with Crippen molar-refractivity contribution in [2.24, 2.45) is 0 Å². The number of fused-ring (bicyclic) bond motifs is 1. The Kier molecular flexibility index (Phi) is 3.60. The number of aromatic nitrogens is 1. The summed E-state index contributed by atoms with van der Waals surface area (Å²) in [5.41, 5.74) is 1.22. The Bertz CT molecular complexity index is 858. The standard InChI is InChI=1S/C15H10ClNO5/c16-13-11(21-7-12(19)20)6-5-9-14(17-22-15(9)13)8-3-1-2-4-10(8)18/h1-6,18H,7H2,(H,19,20). The normalized spacial score (nSPS) is 10.8. The zero-order valence-corrected chi connectivity index (χ0v) is 11.9. The summed E-state index contributed by atoms with van der Waals surface area (Å²) in [6, 6.07) is 9.90. The van der Waals surface area contributed by atoms with Crippen molar-refractivity contribution in [2.45, 2.75) is 0 Å². The maximum absolute atomic E-state index is 10.5. The number of rotatable bonds is 4. The summed E-state index contributed by atoms with van der Waals surface area (Å²) in [6.45, 7) is -0.508. The molecule has 0 saturated heterocycles. The summed E-state index contributed by atoms with van der Waals surface area (Å²) < 4.78 is 10.3. The van der Waals surface area contributed by atoms with Crippen LogP contribution in [0.3, 0.4) is 0 Å². The second kappa shape index (κ2) is 5.57. The second-order valence-corrected chi connectivity index (χ2v) is 4.86. The van der Waals surface area contributed by atoms with Crippen LogP contribution in [0.4, 0.5) is 0 Å². The van der Waals surface area contributed by atoms with Crippen LogP contribution in [-0.4, -0.2) is 27.9 Å². The van der Waals surface area contributed by atoms with Crippen molar-refractivity contribution in [1.82, 2.24) is 5.16 Å². The first kappa shape index (κ1) is 14.2. The molecule has 22 heavy (non-hydrogen) atoms. The van der Waals surface area contributed by atoms with E-state index in [0.29, 0.717) is 16.6 Å². The zero-order valence-electron chi connectivity index (χ0n) is 11.1. The highest BCUT2D eigenvalue weighted by molar-refractivity contribution is 6.36. The molecule has 7 heteroatoms. The van der Waals surface area contributed by atoms with Gasteiger partial charge in [0.15, 0.2) is 12.2 Å². The highest BCUT2D eigenvalue weighted by Gasteiger charge is 2.18. The fourth-order valence-electron chi connectivity index (χ4n) is 2.07. The second-order valence-electron chi connectivity index (χ2n) is 4.49. The Hall–Kier alpha value is -2.73. The van der Waals surface area contributed by atoms with E-state index >= 15 is 0 Å². The lowest BCUT2D eigenvalue weighted by atomic mass is 10.1. The Labute approximate surface area is 129 Å². The van der Waals surface area contributed by atoms with Crippen molar-refractivity contribution in [3.8, 4) is 22.8 Å². The van der Waals surface area contributed by atoms with E-state index in [4.69, 9.17) is 26.0 Å². The van der Waals surface area contributed by atoms with Gasteiger partial charge in [0.2, 0.25) is 0 Å². The minimum atomic E-state index is -1.11. The number of phenols is 1. The number of para-hydroxylation sites is 1. The van der Waals surface area contributed by atoms with E-state index in [-0.39, 0.29) is 22.1 Å². The highest BCUT2D eigenvalue weighted by atomic mass is 35.5. The Balaban J connectivity index is 2.08. The molecule has 3 aromatic rings. The van der Waals surface area contributed by atoms with Gasteiger partial charge in [-0.3, -0.25) is 0 Å². The third-order valence-corrected chi connectivity index (χ3v) is 3.41. The van der Waals surface area contributed by atoms with Gasteiger partial charge < -0.3 is 19.5 Å². The number of benzene rings is 2. The zero-order chi connectivity index (χ0) is 15.7. The minimum absolute atomic E-state index is 0.0695. The number of hydrogen-bond donors (Lipinski definition) is 2. The van der Waals surface area contributed by atoms with Crippen LogP contribution < -0.4 is 4.74 Å². The number of hydrogen-bond acceptors (Lipinski definition) is 5. The van der Waals surface area contributed by atoms with E-state index in [2.05, 4.69) is 5.16 Å². The largest absolute Gasteiger partial charge is 0.507 e. The molecule has 0 aliphatic carbocycles. The van der Waals surface area contributed by atoms with Crippen LogP contribution in [0, 0.1) is 0 Å². The van der Waals surface area contributed by atoms with Gasteiger partial charge in [-0.05, 0) is 24.3 Å². The van der Waals surface area contributed by atoms with Gasteiger partial charge in [-0.15, -0.1) is 0 Å². The number of aromatic hydroxyl groups is 1. The molecule has 0 fully saturated rings. The molecule has 0 aliphatic rings. The van der Waals surface area contributed by atoms with Crippen molar-refractivity contribution < 1.29 is 24.3 Å². The molecule has 1 heterocycles. The smallest absolute Gasteiger partial charge is 0.341 e. The van der Waals surface area contributed by atoms with Gasteiger partial charge in [0.05, 0.1) is 5.39 Å². The molecule has 2 aromatic carbocycles. The van der Waals surface area contributed by atoms with Crippen LogP contribution >= 0.6 is 11.6 Å². The minimum Gasteiger partial charge on any atom is -0.507 e. The van der Waals surface area contributed by atoms with Crippen LogP contribution in [0.2, 0.25) is 5.02 Å².